The van der Waals surface area contributed by atoms with E-state index in [4.69, 9.17) is 10.7 Å². The molecule has 4 nitrogen and oxygen atoms in total. The quantitative estimate of drug-likeness (QED) is 0.686. The molecule has 0 aromatic heterocycles. The maximum absolute atomic E-state index is 6.25. The van der Waals surface area contributed by atoms with Crippen LogP contribution in [-0.2, 0) is 6.54 Å². The summed E-state index contributed by atoms with van der Waals surface area (Å²) in [5.74, 6) is 0.762. The second-order valence-electron chi connectivity index (χ2n) is 6.85. The predicted octanol–water partition coefficient (Wildman–Crippen LogP) is 2.84. The van der Waals surface area contributed by atoms with Crippen molar-refractivity contribution in [3.8, 4) is 0 Å². The number of benzene rings is 1. The van der Waals surface area contributed by atoms with Crippen molar-refractivity contribution in [3.05, 3.63) is 35.9 Å². The molecule has 2 fully saturated rings. The van der Waals surface area contributed by atoms with Crippen LogP contribution in [0.3, 0.4) is 0 Å². The van der Waals surface area contributed by atoms with E-state index in [1.165, 1.54) is 50.6 Å². The number of nitrogens with two attached hydrogens (primary N) is 1. The third-order valence-electron chi connectivity index (χ3n) is 5.12. The van der Waals surface area contributed by atoms with E-state index in [0.717, 1.165) is 32.1 Å². The summed E-state index contributed by atoms with van der Waals surface area (Å²) in [4.78, 5) is 9.59. The van der Waals surface area contributed by atoms with Crippen LogP contribution in [-0.4, -0.2) is 48.0 Å². The summed E-state index contributed by atoms with van der Waals surface area (Å²) in [5.41, 5.74) is 7.64. The van der Waals surface area contributed by atoms with Gasteiger partial charge in [0.25, 0.3) is 0 Å². The number of rotatable bonds is 4. The molecule has 126 valence electrons. The zero-order valence-electron chi connectivity index (χ0n) is 14.2. The number of likely N-dealkylation sites (tertiary alicyclic amines) is 2. The Bertz CT molecular complexity index is 491. The topological polar surface area (TPSA) is 44.9 Å². The Morgan fingerprint density at radius 3 is 2.48 bits per heavy atom. The zero-order valence-corrected chi connectivity index (χ0v) is 14.2. The summed E-state index contributed by atoms with van der Waals surface area (Å²) in [6.45, 7) is 5.21. The lowest BCUT2D eigenvalue weighted by Crippen LogP contribution is -2.39. The van der Waals surface area contributed by atoms with Crippen LogP contribution in [0.25, 0.3) is 0 Å². The molecule has 2 saturated heterocycles. The van der Waals surface area contributed by atoms with Gasteiger partial charge in [-0.2, -0.15) is 0 Å². The number of aliphatic imine (C=N–C) groups is 1. The standard InChI is InChI=1S/C19H30N4/c20-19(22-12-6-1-2-7-13-22)21-15-18-11-8-14-23(18)16-17-9-4-3-5-10-17/h3-5,9-10,18H,1-2,6-8,11-16H2,(H2,20,21). The molecule has 0 saturated carbocycles. The van der Waals surface area contributed by atoms with Crippen LogP contribution in [0.2, 0.25) is 0 Å². The minimum Gasteiger partial charge on any atom is -0.370 e. The Labute approximate surface area is 140 Å². The van der Waals surface area contributed by atoms with Gasteiger partial charge in [-0.25, -0.2) is 0 Å². The maximum Gasteiger partial charge on any atom is 0.191 e. The average molecular weight is 314 g/mol. The molecule has 1 aromatic carbocycles. The van der Waals surface area contributed by atoms with E-state index in [1.54, 1.807) is 0 Å². The van der Waals surface area contributed by atoms with Gasteiger partial charge in [-0.3, -0.25) is 9.89 Å². The molecule has 3 rings (SSSR count). The first-order valence-electron chi connectivity index (χ1n) is 9.16. The van der Waals surface area contributed by atoms with Crippen molar-refractivity contribution >= 4 is 5.96 Å². The van der Waals surface area contributed by atoms with E-state index in [1.807, 2.05) is 0 Å². The molecular formula is C19H30N4. The van der Waals surface area contributed by atoms with Crippen molar-refractivity contribution in [1.29, 1.82) is 0 Å². The zero-order chi connectivity index (χ0) is 15.9. The first-order valence-corrected chi connectivity index (χ1v) is 9.16. The van der Waals surface area contributed by atoms with Crippen LogP contribution >= 0.6 is 0 Å². The van der Waals surface area contributed by atoms with Gasteiger partial charge in [0.15, 0.2) is 5.96 Å². The van der Waals surface area contributed by atoms with Crippen molar-refractivity contribution < 1.29 is 0 Å². The molecule has 1 aromatic rings. The Hall–Kier alpha value is -1.55. The molecule has 0 bridgehead atoms. The lowest BCUT2D eigenvalue weighted by molar-refractivity contribution is 0.250. The van der Waals surface area contributed by atoms with E-state index in [2.05, 4.69) is 40.1 Å². The summed E-state index contributed by atoms with van der Waals surface area (Å²) in [7, 11) is 0. The highest BCUT2D eigenvalue weighted by Crippen LogP contribution is 2.20. The summed E-state index contributed by atoms with van der Waals surface area (Å²) in [5, 5.41) is 0. The first kappa shape index (κ1) is 16.3. The molecule has 1 unspecified atom stereocenters. The minimum atomic E-state index is 0.542. The van der Waals surface area contributed by atoms with E-state index >= 15 is 0 Å². The highest BCUT2D eigenvalue weighted by molar-refractivity contribution is 5.78. The molecule has 0 spiro atoms. The van der Waals surface area contributed by atoms with Crippen molar-refractivity contribution in [3.63, 3.8) is 0 Å². The maximum atomic E-state index is 6.25. The number of nitrogens with zero attached hydrogens (tertiary/aromatic N) is 3. The molecular weight excluding hydrogens is 284 g/mol. The average Bonchev–Trinajstić information content (AvgIpc) is 2.84. The van der Waals surface area contributed by atoms with Gasteiger partial charge in [0.05, 0.1) is 6.54 Å². The van der Waals surface area contributed by atoms with Crippen molar-refractivity contribution in [1.82, 2.24) is 9.80 Å². The second-order valence-corrected chi connectivity index (χ2v) is 6.85. The van der Waals surface area contributed by atoms with E-state index in [9.17, 15) is 0 Å². The molecule has 23 heavy (non-hydrogen) atoms. The summed E-state index contributed by atoms with van der Waals surface area (Å²) >= 11 is 0. The number of hydrogen-bond donors (Lipinski definition) is 1. The van der Waals surface area contributed by atoms with Crippen LogP contribution in [0.4, 0.5) is 0 Å². The van der Waals surface area contributed by atoms with Crippen LogP contribution in [0.1, 0.15) is 44.1 Å². The van der Waals surface area contributed by atoms with Gasteiger partial charge in [0.1, 0.15) is 0 Å². The van der Waals surface area contributed by atoms with E-state index < -0.39 is 0 Å². The van der Waals surface area contributed by atoms with Gasteiger partial charge in [-0.05, 0) is 37.8 Å². The number of guanidine groups is 1. The van der Waals surface area contributed by atoms with Gasteiger partial charge >= 0.3 is 0 Å². The third kappa shape index (κ3) is 4.71. The van der Waals surface area contributed by atoms with Crippen LogP contribution < -0.4 is 5.73 Å². The number of hydrogen-bond acceptors (Lipinski definition) is 2. The van der Waals surface area contributed by atoms with Crippen molar-refractivity contribution in [2.75, 3.05) is 26.2 Å². The molecule has 2 N–H and O–H groups in total. The summed E-state index contributed by atoms with van der Waals surface area (Å²) < 4.78 is 0. The van der Waals surface area contributed by atoms with Gasteiger partial charge in [0.2, 0.25) is 0 Å². The molecule has 2 aliphatic rings. The molecule has 0 amide bonds. The van der Waals surface area contributed by atoms with E-state index in [0.29, 0.717) is 6.04 Å². The predicted molar refractivity (Wildman–Crippen MR) is 96.4 cm³/mol. The highest BCUT2D eigenvalue weighted by atomic mass is 15.3. The van der Waals surface area contributed by atoms with E-state index in [-0.39, 0.29) is 0 Å². The largest absolute Gasteiger partial charge is 0.370 e. The normalized spacial score (nSPS) is 23.9. The molecule has 2 heterocycles. The van der Waals surface area contributed by atoms with Gasteiger partial charge in [0, 0.05) is 25.7 Å². The Balaban J connectivity index is 1.54. The monoisotopic (exact) mass is 314 g/mol. The molecule has 4 heteroatoms. The molecule has 0 radical (unpaired) electrons. The van der Waals surface area contributed by atoms with Crippen molar-refractivity contribution in [2.24, 2.45) is 10.7 Å². The van der Waals surface area contributed by atoms with Gasteiger partial charge in [-0.15, -0.1) is 0 Å². The third-order valence-corrected chi connectivity index (χ3v) is 5.12. The van der Waals surface area contributed by atoms with Crippen molar-refractivity contribution in [2.45, 2.75) is 51.1 Å². The lowest BCUT2D eigenvalue weighted by atomic mass is 10.2. The Morgan fingerprint density at radius 2 is 1.74 bits per heavy atom. The summed E-state index contributed by atoms with van der Waals surface area (Å²) in [6.07, 6.45) is 7.67. The Kier molecular flexibility index (Phi) is 5.92. The molecule has 1 atom stereocenters. The highest BCUT2D eigenvalue weighted by Gasteiger charge is 2.24. The van der Waals surface area contributed by atoms with Gasteiger partial charge in [-0.1, -0.05) is 43.2 Å². The SMILES string of the molecule is NC(=NCC1CCCN1Cc1ccccc1)N1CCCCCC1. The first-order chi connectivity index (χ1) is 11.3. The summed E-state index contributed by atoms with van der Waals surface area (Å²) in [6, 6.07) is 11.3. The van der Waals surface area contributed by atoms with Gasteiger partial charge < -0.3 is 10.6 Å². The fourth-order valence-corrected chi connectivity index (χ4v) is 3.73. The molecule has 0 aliphatic carbocycles. The second kappa shape index (κ2) is 8.34. The Morgan fingerprint density at radius 1 is 1.00 bits per heavy atom. The smallest absolute Gasteiger partial charge is 0.191 e. The fourth-order valence-electron chi connectivity index (χ4n) is 3.73. The fraction of sp³-hybridized carbons (Fsp3) is 0.632. The van der Waals surface area contributed by atoms with Crippen LogP contribution in [0, 0.1) is 0 Å². The lowest BCUT2D eigenvalue weighted by Gasteiger charge is -2.25. The van der Waals surface area contributed by atoms with Crippen LogP contribution in [0.5, 0.6) is 0 Å². The minimum absolute atomic E-state index is 0.542. The van der Waals surface area contributed by atoms with Crippen LogP contribution in [0.15, 0.2) is 35.3 Å². The molecule has 2 aliphatic heterocycles.